The number of hydrogen-bond acceptors (Lipinski definition) is 2. The Bertz CT molecular complexity index is 382. The molecule has 4 heteroatoms. The lowest BCUT2D eigenvalue weighted by atomic mass is 10.0. The van der Waals surface area contributed by atoms with Gasteiger partial charge in [0.1, 0.15) is 0 Å². The first-order chi connectivity index (χ1) is 9.58. The average molecular weight is 278 g/mol. The predicted octanol–water partition coefficient (Wildman–Crippen LogP) is 3.28. The molecule has 0 aliphatic rings. The van der Waals surface area contributed by atoms with E-state index in [0.29, 0.717) is 12.8 Å². The lowest BCUT2D eigenvalue weighted by molar-refractivity contribution is -0.138. The van der Waals surface area contributed by atoms with Crippen LogP contribution in [0.3, 0.4) is 0 Å². The Kier molecular flexibility index (Phi) is 7.40. The first kappa shape index (κ1) is 16.2. The molecular formula is C16H22O4. The Labute approximate surface area is 119 Å². The molecule has 0 amide bonds. The van der Waals surface area contributed by atoms with Gasteiger partial charge in [0.2, 0.25) is 0 Å². The molecule has 0 aromatic heterocycles. The molecule has 1 aromatic carbocycles. The molecule has 20 heavy (non-hydrogen) atoms. The van der Waals surface area contributed by atoms with Crippen LogP contribution >= 0.6 is 0 Å². The van der Waals surface area contributed by atoms with Crippen LogP contribution in [0.4, 0.5) is 0 Å². The summed E-state index contributed by atoms with van der Waals surface area (Å²) in [6.07, 6.45) is 5.51. The fraction of sp³-hybridized carbons (Fsp3) is 0.500. The molecule has 0 unspecified atom stereocenters. The highest BCUT2D eigenvalue weighted by Gasteiger charge is 2.00. The zero-order valence-electron chi connectivity index (χ0n) is 11.7. The molecule has 0 fully saturated rings. The van der Waals surface area contributed by atoms with Gasteiger partial charge in [0.15, 0.2) is 0 Å². The summed E-state index contributed by atoms with van der Waals surface area (Å²) in [6.45, 7) is 0. The monoisotopic (exact) mass is 278 g/mol. The van der Waals surface area contributed by atoms with Gasteiger partial charge < -0.3 is 10.2 Å². The molecule has 1 aromatic rings. The molecule has 0 atom stereocenters. The number of benzene rings is 1. The van der Waals surface area contributed by atoms with Crippen molar-refractivity contribution in [3.63, 3.8) is 0 Å². The minimum atomic E-state index is -0.735. The van der Waals surface area contributed by atoms with Gasteiger partial charge in [-0.05, 0) is 49.7 Å². The zero-order valence-corrected chi connectivity index (χ0v) is 11.7. The number of hydrogen-bond donors (Lipinski definition) is 2. The highest BCUT2D eigenvalue weighted by atomic mass is 16.4. The molecule has 4 nitrogen and oxygen atoms in total. The highest BCUT2D eigenvalue weighted by molar-refractivity contribution is 5.66. The normalized spacial score (nSPS) is 10.4. The Morgan fingerprint density at radius 2 is 1.05 bits per heavy atom. The van der Waals surface area contributed by atoms with E-state index in [1.807, 2.05) is 0 Å². The third-order valence-corrected chi connectivity index (χ3v) is 3.24. The Morgan fingerprint density at radius 3 is 1.35 bits per heavy atom. The van der Waals surface area contributed by atoms with Crippen LogP contribution in [0, 0.1) is 0 Å². The third kappa shape index (κ3) is 7.56. The van der Waals surface area contributed by atoms with Crippen molar-refractivity contribution in [2.75, 3.05) is 0 Å². The van der Waals surface area contributed by atoms with Crippen LogP contribution in [0.5, 0.6) is 0 Å². The smallest absolute Gasteiger partial charge is 0.303 e. The number of aryl methyl sites for hydroxylation is 2. The Morgan fingerprint density at radius 1 is 0.700 bits per heavy atom. The molecule has 0 saturated carbocycles. The maximum absolute atomic E-state index is 10.4. The van der Waals surface area contributed by atoms with E-state index >= 15 is 0 Å². The van der Waals surface area contributed by atoms with Gasteiger partial charge >= 0.3 is 11.9 Å². The fourth-order valence-electron chi connectivity index (χ4n) is 2.08. The molecule has 0 aliphatic carbocycles. The van der Waals surface area contributed by atoms with E-state index in [9.17, 15) is 9.59 Å². The van der Waals surface area contributed by atoms with Crippen molar-refractivity contribution >= 4 is 11.9 Å². The molecular weight excluding hydrogens is 256 g/mol. The molecule has 1 rings (SSSR count). The summed E-state index contributed by atoms with van der Waals surface area (Å²) in [6, 6.07) is 8.31. The standard InChI is InChI=1S/C16H22O4/c17-15(18)7-3-1-5-13-9-11-14(12-10-13)6-2-4-8-16(19)20/h9-12H,1-8H2,(H,17,18)(H,19,20). The number of rotatable bonds is 10. The van der Waals surface area contributed by atoms with Crippen molar-refractivity contribution < 1.29 is 19.8 Å². The van der Waals surface area contributed by atoms with Crippen LogP contribution in [-0.4, -0.2) is 22.2 Å². The highest BCUT2D eigenvalue weighted by Crippen LogP contribution is 2.11. The van der Waals surface area contributed by atoms with E-state index in [4.69, 9.17) is 10.2 Å². The number of carboxylic acid groups (broad SMARTS) is 2. The third-order valence-electron chi connectivity index (χ3n) is 3.24. The van der Waals surface area contributed by atoms with Crippen molar-refractivity contribution in [1.82, 2.24) is 0 Å². The lowest BCUT2D eigenvalue weighted by Crippen LogP contribution is -1.96. The summed E-state index contributed by atoms with van der Waals surface area (Å²) in [4.78, 5) is 20.8. The summed E-state index contributed by atoms with van der Waals surface area (Å²) >= 11 is 0. The second-order valence-corrected chi connectivity index (χ2v) is 5.02. The van der Waals surface area contributed by atoms with Gasteiger partial charge in [-0.2, -0.15) is 0 Å². The molecule has 0 aliphatic heterocycles. The summed E-state index contributed by atoms with van der Waals surface area (Å²) in [5, 5.41) is 17.1. The first-order valence-corrected chi connectivity index (χ1v) is 7.09. The SMILES string of the molecule is O=C(O)CCCCc1ccc(CCCCC(=O)O)cc1. The second kappa shape index (κ2) is 9.13. The fourth-order valence-corrected chi connectivity index (χ4v) is 2.08. The summed E-state index contributed by atoms with van der Waals surface area (Å²) in [5.41, 5.74) is 2.45. The van der Waals surface area contributed by atoms with Crippen molar-refractivity contribution in [2.45, 2.75) is 51.4 Å². The van der Waals surface area contributed by atoms with Crippen LogP contribution in [-0.2, 0) is 22.4 Å². The maximum atomic E-state index is 10.4. The zero-order chi connectivity index (χ0) is 14.8. The van der Waals surface area contributed by atoms with Gasteiger partial charge in [0, 0.05) is 12.8 Å². The molecule has 0 radical (unpaired) electrons. The second-order valence-electron chi connectivity index (χ2n) is 5.02. The number of carbonyl (C=O) groups is 2. The summed E-state index contributed by atoms with van der Waals surface area (Å²) in [5.74, 6) is -1.47. The van der Waals surface area contributed by atoms with E-state index in [2.05, 4.69) is 24.3 Å². The molecule has 0 bridgehead atoms. The van der Waals surface area contributed by atoms with E-state index in [1.165, 1.54) is 11.1 Å². The van der Waals surface area contributed by atoms with E-state index in [1.54, 1.807) is 0 Å². The molecule has 0 saturated heterocycles. The van der Waals surface area contributed by atoms with Crippen molar-refractivity contribution in [2.24, 2.45) is 0 Å². The van der Waals surface area contributed by atoms with Crippen molar-refractivity contribution in [3.05, 3.63) is 35.4 Å². The molecule has 110 valence electrons. The number of unbranched alkanes of at least 4 members (excludes halogenated alkanes) is 2. The van der Waals surface area contributed by atoms with Crippen LogP contribution in [0.1, 0.15) is 49.7 Å². The largest absolute Gasteiger partial charge is 0.481 e. The Balaban J connectivity index is 2.22. The quantitative estimate of drug-likeness (QED) is 0.644. The van der Waals surface area contributed by atoms with E-state index < -0.39 is 11.9 Å². The van der Waals surface area contributed by atoms with Crippen LogP contribution < -0.4 is 0 Å². The van der Waals surface area contributed by atoms with Gasteiger partial charge in [0.05, 0.1) is 0 Å². The first-order valence-electron chi connectivity index (χ1n) is 7.09. The molecule has 0 spiro atoms. The summed E-state index contributed by atoms with van der Waals surface area (Å²) in [7, 11) is 0. The summed E-state index contributed by atoms with van der Waals surface area (Å²) < 4.78 is 0. The van der Waals surface area contributed by atoms with E-state index in [-0.39, 0.29) is 12.8 Å². The van der Waals surface area contributed by atoms with Crippen LogP contribution in [0.2, 0.25) is 0 Å². The van der Waals surface area contributed by atoms with Gasteiger partial charge in [-0.3, -0.25) is 9.59 Å². The minimum absolute atomic E-state index is 0.238. The number of aliphatic carboxylic acids is 2. The minimum Gasteiger partial charge on any atom is -0.481 e. The van der Waals surface area contributed by atoms with Gasteiger partial charge in [0.25, 0.3) is 0 Å². The average Bonchev–Trinajstić information content (AvgIpc) is 2.41. The number of carboxylic acids is 2. The lowest BCUT2D eigenvalue weighted by Gasteiger charge is -2.04. The van der Waals surface area contributed by atoms with Crippen molar-refractivity contribution in [1.29, 1.82) is 0 Å². The van der Waals surface area contributed by atoms with Gasteiger partial charge in [-0.1, -0.05) is 24.3 Å². The van der Waals surface area contributed by atoms with Crippen molar-refractivity contribution in [3.8, 4) is 0 Å². The van der Waals surface area contributed by atoms with E-state index in [0.717, 1.165) is 25.7 Å². The molecule has 2 N–H and O–H groups in total. The Hall–Kier alpha value is -1.84. The predicted molar refractivity (Wildman–Crippen MR) is 76.8 cm³/mol. The van der Waals surface area contributed by atoms with Gasteiger partial charge in [-0.15, -0.1) is 0 Å². The van der Waals surface area contributed by atoms with Crippen LogP contribution in [0.15, 0.2) is 24.3 Å². The van der Waals surface area contributed by atoms with Gasteiger partial charge in [-0.25, -0.2) is 0 Å². The molecule has 0 heterocycles. The topological polar surface area (TPSA) is 74.6 Å². The maximum Gasteiger partial charge on any atom is 0.303 e. The van der Waals surface area contributed by atoms with Crippen LogP contribution in [0.25, 0.3) is 0 Å².